The lowest BCUT2D eigenvalue weighted by molar-refractivity contribution is -0.0757. The van der Waals surface area contributed by atoms with Crippen molar-refractivity contribution in [1.29, 1.82) is 0 Å². The summed E-state index contributed by atoms with van der Waals surface area (Å²) in [6, 6.07) is 19.3. The number of hydrogen-bond acceptors (Lipinski definition) is 7. The summed E-state index contributed by atoms with van der Waals surface area (Å²) in [4.78, 5) is 0. The summed E-state index contributed by atoms with van der Waals surface area (Å²) in [6.07, 6.45) is 43.5. The van der Waals surface area contributed by atoms with Gasteiger partial charge in [-0.15, -0.1) is 0 Å². The van der Waals surface area contributed by atoms with E-state index in [4.69, 9.17) is 0 Å². The highest BCUT2D eigenvalue weighted by Crippen LogP contribution is 2.72. The lowest BCUT2D eigenvalue weighted by Gasteiger charge is -2.59. The molecule has 12 aliphatic carbocycles. The number of halogens is 4. The fourth-order valence-electron chi connectivity index (χ4n) is 28.5. The van der Waals surface area contributed by atoms with Gasteiger partial charge in [0.2, 0.25) is 0 Å². The minimum atomic E-state index is -0.580. The third-order valence-electron chi connectivity index (χ3n) is 35.4. The van der Waals surface area contributed by atoms with Crippen LogP contribution in [0.1, 0.15) is 330 Å². The number of aliphatic hydroxyl groups excluding tert-OH is 3. The molecule has 11 heteroatoms. The molecule has 12 aliphatic rings. The van der Waals surface area contributed by atoms with Crippen LogP contribution >= 0.6 is 12.1 Å². The molecule has 0 aromatic heterocycles. The molecule has 1 unspecified atom stereocenters. The van der Waals surface area contributed by atoms with Gasteiger partial charge in [0.25, 0.3) is 0 Å². The van der Waals surface area contributed by atoms with Crippen LogP contribution < -0.4 is 0 Å². The van der Waals surface area contributed by atoms with Crippen molar-refractivity contribution in [3.63, 3.8) is 0 Å². The third kappa shape index (κ3) is 16.4. The van der Waals surface area contributed by atoms with Gasteiger partial charge in [-0.25, -0.2) is 13.2 Å². The van der Waals surface area contributed by atoms with Crippen LogP contribution in [0.5, 0.6) is 0 Å². The van der Waals surface area contributed by atoms with Gasteiger partial charge >= 0.3 is 0 Å². The first-order chi connectivity index (χ1) is 51.2. The van der Waals surface area contributed by atoms with Crippen LogP contribution in [-0.2, 0) is 0 Å². The van der Waals surface area contributed by atoms with Crippen LogP contribution in [0.3, 0.4) is 0 Å². The third-order valence-corrected chi connectivity index (χ3v) is 35.4. The van der Waals surface area contributed by atoms with Crippen molar-refractivity contribution in [2.24, 2.45) is 121 Å². The Labute approximate surface area is 655 Å². The lowest BCUT2D eigenvalue weighted by Crippen LogP contribution is -2.52. The normalized spacial score (nSPS) is 41.4. The van der Waals surface area contributed by atoms with Crippen LogP contribution in [0.25, 0.3) is 0 Å². The maximum Gasteiger partial charge on any atom is 0.123 e. The Balaban J connectivity index is 0.000000148. The van der Waals surface area contributed by atoms with E-state index < -0.39 is 35.1 Å². The van der Waals surface area contributed by atoms with Crippen molar-refractivity contribution in [2.45, 2.75) is 330 Å². The van der Waals surface area contributed by atoms with Gasteiger partial charge in [0.05, 0.1) is 35.1 Å². The molecular weight excluding hydrogens is 1370 g/mol. The number of hydrogen-bond donors (Lipinski definition) is 6. The van der Waals surface area contributed by atoms with Crippen LogP contribution in [0.4, 0.5) is 17.1 Å². The molecule has 6 N–H and O–H groups in total. The van der Waals surface area contributed by atoms with Gasteiger partial charge in [0, 0.05) is 18.4 Å². The van der Waals surface area contributed by atoms with Gasteiger partial charge in [-0.05, 0) is 386 Å². The summed E-state index contributed by atoms with van der Waals surface area (Å²) in [5.41, 5.74) is 7.38. The van der Waals surface area contributed by atoms with E-state index >= 15 is 0 Å². The minimum absolute atomic E-state index is 0.250. The monoisotopic (exact) mass is 1510 g/mol. The smallest absolute Gasteiger partial charge is 0.123 e. The van der Waals surface area contributed by atoms with Crippen molar-refractivity contribution in [2.75, 3.05) is 6.26 Å². The molecule has 0 spiro atoms. The average molecular weight is 1510 g/mol. The first kappa shape index (κ1) is 84.1. The molecule has 0 aliphatic heterocycles. The lowest BCUT2D eigenvalue weighted by atomic mass is 9.46. The largest absolute Gasteiger partial charge is 0.390 e. The topological polar surface area (TPSA) is 121 Å². The summed E-state index contributed by atoms with van der Waals surface area (Å²) < 4.78 is 51.0. The second-order valence-electron chi connectivity index (χ2n) is 40.3. The Kier molecular flexibility index (Phi) is 26.1. The highest BCUT2D eigenvalue weighted by atomic mass is 32.2. The molecule has 6 nitrogen and oxygen atoms in total. The number of rotatable bonds is 18. The molecule has 602 valence electrons. The summed E-state index contributed by atoms with van der Waals surface area (Å²) in [5, 5.41) is 65.1. The number of fused-ring (bicyclic) bond motifs is 15. The zero-order chi connectivity index (χ0) is 77.7. The second kappa shape index (κ2) is 33.5. The van der Waals surface area contributed by atoms with E-state index in [1.54, 1.807) is 34.9 Å². The van der Waals surface area contributed by atoms with Gasteiger partial charge in [-0.1, -0.05) is 154 Å². The SMILES string of the molecule is CC[C@]1(O)CC[C@@]2(C)C(=CC[C@H]3[C@@H]4CC[C@H]([C@H](C)CCC(O)c5cccc(F)c5)[C@@]4(C)CC[C@@H]32)C1.CC[C@]1(O)CC[C@@]2(C)C(=CC[C@H]3[C@@H]4CC[C@H]([C@H](C)CC[C@@H](O)c5cccc(F)c5)[C@@]4(C)CC[C@@H]32)C1.CC[C@]1(O)CC[C@@]2(C)C(=CC[C@H]3[C@@H]4CC[C@H]([C@H](C)CC[C@H](O)c5cccc(F)c5)[C@@]4(C)CC[C@@H]32)C1.CSF. The van der Waals surface area contributed by atoms with E-state index in [0.29, 0.717) is 87.7 Å². The molecule has 9 fully saturated rings. The highest BCUT2D eigenvalue weighted by Gasteiger charge is 2.64. The fraction of sp³-hybridized carbons (Fsp3) is 0.753. The van der Waals surface area contributed by atoms with E-state index in [1.165, 1.54) is 139 Å². The predicted octanol–water partition coefficient (Wildman–Crippen LogP) is 25.2. The quantitative estimate of drug-likeness (QED) is 0.0554. The van der Waals surface area contributed by atoms with Gasteiger partial charge in [0.1, 0.15) is 17.5 Å². The Morgan fingerprint density at radius 2 is 0.639 bits per heavy atom. The van der Waals surface area contributed by atoms with Gasteiger partial charge in [-0.3, -0.25) is 0 Å². The Morgan fingerprint density at radius 1 is 0.380 bits per heavy atom. The molecule has 0 saturated heterocycles. The summed E-state index contributed by atoms with van der Waals surface area (Å²) in [6.45, 7) is 28.9. The molecule has 27 atom stereocenters. The highest BCUT2D eigenvalue weighted by molar-refractivity contribution is 7.93. The molecule has 0 radical (unpaired) electrons. The van der Waals surface area contributed by atoms with Crippen molar-refractivity contribution >= 4 is 12.1 Å². The Bertz CT molecular complexity index is 3270. The van der Waals surface area contributed by atoms with E-state index in [-0.39, 0.29) is 45.8 Å². The van der Waals surface area contributed by atoms with E-state index in [0.717, 1.165) is 150 Å². The average Bonchev–Trinajstić information content (AvgIpc) is 1.42. The number of benzene rings is 3. The summed E-state index contributed by atoms with van der Waals surface area (Å²) >= 11 is 0.250. The molecule has 15 rings (SSSR count). The maximum atomic E-state index is 13.6. The van der Waals surface area contributed by atoms with Crippen LogP contribution in [-0.4, -0.2) is 53.7 Å². The first-order valence-electron chi connectivity index (χ1n) is 43.9. The Hall–Kier alpha value is -3.29. The Morgan fingerprint density at radius 3 is 0.880 bits per heavy atom. The molecule has 3 aromatic carbocycles. The van der Waals surface area contributed by atoms with Crippen molar-refractivity contribution < 1.29 is 47.7 Å². The number of allylic oxidation sites excluding steroid dienone is 3. The molecule has 0 bridgehead atoms. The van der Waals surface area contributed by atoms with Crippen LogP contribution in [0, 0.1) is 139 Å². The van der Waals surface area contributed by atoms with Gasteiger partial charge < -0.3 is 30.6 Å². The zero-order valence-corrected chi connectivity index (χ0v) is 69.8. The molecule has 0 amide bonds. The first-order valence-corrected chi connectivity index (χ1v) is 45.0. The maximum absolute atomic E-state index is 13.6. The molecule has 0 heterocycles. The van der Waals surface area contributed by atoms with Gasteiger partial charge in [-0.2, -0.15) is 3.89 Å². The van der Waals surface area contributed by atoms with Gasteiger partial charge in [0.15, 0.2) is 0 Å². The minimum Gasteiger partial charge on any atom is -0.390 e. The van der Waals surface area contributed by atoms with Crippen LogP contribution in [0.2, 0.25) is 0 Å². The second-order valence-corrected chi connectivity index (χ2v) is 40.6. The van der Waals surface area contributed by atoms with E-state index in [2.05, 4.69) is 101 Å². The molecule has 9 saturated carbocycles. The number of aliphatic hydroxyl groups is 6. The molecular formula is C97H144F4O6S. The van der Waals surface area contributed by atoms with Crippen molar-refractivity contribution in [3.05, 3.63) is 142 Å². The van der Waals surface area contributed by atoms with Crippen molar-refractivity contribution in [1.82, 2.24) is 0 Å². The van der Waals surface area contributed by atoms with Crippen LogP contribution in [0.15, 0.2) is 108 Å². The predicted molar refractivity (Wildman–Crippen MR) is 435 cm³/mol. The summed E-state index contributed by atoms with van der Waals surface area (Å²) in [7, 11) is 0. The van der Waals surface area contributed by atoms with Crippen molar-refractivity contribution in [3.8, 4) is 0 Å². The fourth-order valence-corrected chi connectivity index (χ4v) is 28.5. The van der Waals surface area contributed by atoms with E-state index in [9.17, 15) is 47.7 Å². The zero-order valence-electron chi connectivity index (χ0n) is 69.0. The summed E-state index contributed by atoms with van der Waals surface area (Å²) in [5.74, 6) is 10.1. The standard InChI is InChI=1S/3C32H47FO2.CH3FS/c3*1-5-32(35)18-17-30(3)23(20-32)10-11-25-27-13-12-26(31(27,4)16-15-28(25)30)21(2)9-14-29(34)22-7-6-8-24(33)19-22;1-3-2/h3*6-8,10,19,21,25-29,34-35H,5,9,11-18,20H2,1-4H3;1H3/t21-,25+,26-,27+,28+,29?,30+,31-,32+;21-,25+,26-,27+,28+,29+,30+,31-,32+;21-,25+,26-,27+,28+,29-,30+,31-,32+;/m111./s1. The molecule has 3 aromatic rings. The van der Waals surface area contributed by atoms with E-state index in [1.807, 2.05) is 18.2 Å². The molecule has 108 heavy (non-hydrogen) atoms.